The third-order valence-corrected chi connectivity index (χ3v) is 6.95. The predicted octanol–water partition coefficient (Wildman–Crippen LogP) is 2.61. The van der Waals surface area contributed by atoms with Gasteiger partial charge in [-0.1, -0.05) is 24.3 Å². The highest BCUT2D eigenvalue weighted by Gasteiger charge is 2.33. The molecule has 2 unspecified atom stereocenters. The third-order valence-electron chi connectivity index (χ3n) is 6.95. The first kappa shape index (κ1) is 24.0. The summed E-state index contributed by atoms with van der Waals surface area (Å²) in [4.78, 5) is 35.3. The van der Waals surface area contributed by atoms with Gasteiger partial charge < -0.3 is 19.6 Å². The number of carbonyl (C=O) groups excluding carboxylic acids is 1. The summed E-state index contributed by atoms with van der Waals surface area (Å²) in [7, 11) is 0. The van der Waals surface area contributed by atoms with Crippen LogP contribution in [0, 0.1) is 11.8 Å². The molecule has 0 radical (unpaired) electrons. The van der Waals surface area contributed by atoms with Crippen molar-refractivity contribution in [3.63, 3.8) is 0 Å². The molecule has 1 aromatic carbocycles. The number of nitrogens with zero attached hydrogens (tertiary/aromatic N) is 4. The molecule has 8 heteroatoms. The van der Waals surface area contributed by atoms with E-state index in [-0.39, 0.29) is 30.8 Å². The fourth-order valence-corrected chi connectivity index (χ4v) is 4.97. The van der Waals surface area contributed by atoms with E-state index < -0.39 is 5.97 Å². The molecule has 0 aliphatic carbocycles. The molecule has 8 nitrogen and oxygen atoms in total. The second-order valence-corrected chi connectivity index (χ2v) is 9.15. The van der Waals surface area contributed by atoms with Crippen LogP contribution in [0.2, 0.25) is 0 Å². The molecule has 4 rings (SSSR count). The maximum absolute atomic E-state index is 12.8. The van der Waals surface area contributed by atoms with Crippen molar-refractivity contribution in [2.45, 2.75) is 19.3 Å². The number of rotatable bonds is 9. The Hall–Kier alpha value is -3.13. The van der Waals surface area contributed by atoms with E-state index in [9.17, 15) is 14.7 Å². The van der Waals surface area contributed by atoms with Crippen molar-refractivity contribution >= 4 is 17.7 Å². The van der Waals surface area contributed by atoms with Crippen LogP contribution in [-0.4, -0.2) is 84.2 Å². The number of piperidine rings is 1. The number of pyridine rings is 1. The molecule has 1 amide bonds. The maximum Gasteiger partial charge on any atom is 0.303 e. The van der Waals surface area contributed by atoms with Gasteiger partial charge in [-0.05, 0) is 55.5 Å². The van der Waals surface area contributed by atoms with Crippen LogP contribution < -0.4 is 9.64 Å². The van der Waals surface area contributed by atoms with E-state index in [4.69, 9.17) is 4.74 Å². The first-order chi connectivity index (χ1) is 16.6. The molecular weight excluding hydrogens is 432 g/mol. The molecule has 3 heterocycles. The number of aromatic nitrogens is 1. The second-order valence-electron chi connectivity index (χ2n) is 9.15. The minimum atomic E-state index is -0.758. The SMILES string of the molecule is O=C(O)CC1CCN(C(=O)COc2ccccc2)CC1CCN1CCN(c2ccccn2)CC1. The molecule has 2 saturated heterocycles. The molecule has 0 bridgehead atoms. The molecule has 34 heavy (non-hydrogen) atoms. The van der Waals surface area contributed by atoms with Crippen LogP contribution in [0.1, 0.15) is 19.3 Å². The van der Waals surface area contributed by atoms with Gasteiger partial charge in [0.2, 0.25) is 0 Å². The van der Waals surface area contributed by atoms with Crippen LogP contribution >= 0.6 is 0 Å². The van der Waals surface area contributed by atoms with Crippen molar-refractivity contribution in [3.05, 3.63) is 54.7 Å². The van der Waals surface area contributed by atoms with Crippen LogP contribution in [0.4, 0.5) is 5.82 Å². The zero-order valence-electron chi connectivity index (χ0n) is 19.6. The van der Waals surface area contributed by atoms with E-state index in [0.717, 1.165) is 51.4 Å². The van der Waals surface area contributed by atoms with E-state index in [0.29, 0.717) is 18.8 Å². The molecule has 2 aromatic rings. The Morgan fingerprint density at radius 2 is 1.74 bits per heavy atom. The average molecular weight is 467 g/mol. The summed E-state index contributed by atoms with van der Waals surface area (Å²) in [5.41, 5.74) is 0. The van der Waals surface area contributed by atoms with E-state index in [2.05, 4.69) is 14.8 Å². The summed E-state index contributed by atoms with van der Waals surface area (Å²) >= 11 is 0. The molecule has 1 aromatic heterocycles. The first-order valence-electron chi connectivity index (χ1n) is 12.1. The van der Waals surface area contributed by atoms with Gasteiger partial charge >= 0.3 is 5.97 Å². The van der Waals surface area contributed by atoms with Gasteiger partial charge in [-0.25, -0.2) is 4.98 Å². The number of hydrogen-bond donors (Lipinski definition) is 1. The topological polar surface area (TPSA) is 86.2 Å². The largest absolute Gasteiger partial charge is 0.484 e. The Morgan fingerprint density at radius 1 is 0.971 bits per heavy atom. The zero-order chi connectivity index (χ0) is 23.8. The Labute approximate surface area is 201 Å². The number of carboxylic acids is 1. The van der Waals surface area contributed by atoms with Crippen molar-refractivity contribution in [1.82, 2.24) is 14.8 Å². The fourth-order valence-electron chi connectivity index (χ4n) is 4.97. The van der Waals surface area contributed by atoms with Gasteiger partial charge in [0.05, 0.1) is 0 Å². The standard InChI is InChI=1S/C26H34N4O4/c31-25(20-34-23-6-2-1-3-7-23)30-13-10-21(18-26(32)33)22(19-30)9-12-28-14-16-29(17-15-28)24-8-4-5-11-27-24/h1-8,11,21-22H,9-10,12-20H2,(H,32,33). The average Bonchev–Trinajstić information content (AvgIpc) is 2.88. The van der Waals surface area contributed by atoms with Crippen LogP contribution in [0.3, 0.4) is 0 Å². The van der Waals surface area contributed by atoms with Gasteiger partial charge in [0.1, 0.15) is 11.6 Å². The number of piperazine rings is 1. The van der Waals surface area contributed by atoms with Gasteiger partial charge in [-0.3, -0.25) is 14.5 Å². The van der Waals surface area contributed by atoms with Crippen LogP contribution in [-0.2, 0) is 9.59 Å². The fraction of sp³-hybridized carbons (Fsp3) is 0.500. The lowest BCUT2D eigenvalue weighted by Crippen LogP contribution is -2.49. The lowest BCUT2D eigenvalue weighted by molar-refractivity contribution is -0.140. The molecule has 2 atom stereocenters. The maximum atomic E-state index is 12.8. The summed E-state index contributed by atoms with van der Waals surface area (Å²) in [6, 6.07) is 15.3. The number of hydrogen-bond acceptors (Lipinski definition) is 6. The number of benzene rings is 1. The van der Waals surface area contributed by atoms with Crippen molar-refractivity contribution in [3.8, 4) is 5.75 Å². The Bertz CT molecular complexity index is 919. The van der Waals surface area contributed by atoms with E-state index in [1.54, 1.807) is 0 Å². The molecule has 182 valence electrons. The highest BCUT2D eigenvalue weighted by molar-refractivity contribution is 5.78. The van der Waals surface area contributed by atoms with Crippen LogP contribution in [0.5, 0.6) is 5.75 Å². The summed E-state index contributed by atoms with van der Waals surface area (Å²) < 4.78 is 5.65. The van der Waals surface area contributed by atoms with E-state index in [1.807, 2.05) is 59.6 Å². The number of carbonyl (C=O) groups is 2. The summed E-state index contributed by atoms with van der Waals surface area (Å²) in [6.07, 6.45) is 3.61. The van der Waals surface area contributed by atoms with Gasteiger partial charge in [0.15, 0.2) is 6.61 Å². The van der Waals surface area contributed by atoms with E-state index >= 15 is 0 Å². The zero-order valence-corrected chi connectivity index (χ0v) is 19.6. The Kier molecular flexibility index (Phi) is 8.36. The number of amides is 1. The minimum absolute atomic E-state index is 0.00973. The summed E-state index contributed by atoms with van der Waals surface area (Å²) in [6.45, 7) is 5.90. The number of likely N-dealkylation sites (tertiary alicyclic amines) is 1. The highest BCUT2D eigenvalue weighted by atomic mass is 16.5. The quantitative estimate of drug-likeness (QED) is 0.608. The molecule has 1 N–H and O–H groups in total. The van der Waals surface area contributed by atoms with Crippen LogP contribution in [0.25, 0.3) is 0 Å². The second kappa shape index (κ2) is 11.8. The number of aliphatic carboxylic acids is 1. The van der Waals surface area contributed by atoms with Gasteiger partial charge in [0.25, 0.3) is 5.91 Å². The smallest absolute Gasteiger partial charge is 0.303 e. The monoisotopic (exact) mass is 466 g/mol. The molecule has 2 aliphatic heterocycles. The van der Waals surface area contributed by atoms with Gasteiger partial charge in [-0.15, -0.1) is 0 Å². The first-order valence-corrected chi connectivity index (χ1v) is 12.1. The molecule has 0 spiro atoms. The third kappa shape index (κ3) is 6.70. The number of para-hydroxylation sites is 1. The Balaban J connectivity index is 1.27. The van der Waals surface area contributed by atoms with Gasteiger partial charge in [0, 0.05) is 51.9 Å². The van der Waals surface area contributed by atoms with Crippen LogP contribution in [0.15, 0.2) is 54.7 Å². The number of ether oxygens (including phenoxy) is 1. The predicted molar refractivity (Wildman–Crippen MR) is 130 cm³/mol. The highest BCUT2D eigenvalue weighted by Crippen LogP contribution is 2.30. The number of anilines is 1. The van der Waals surface area contributed by atoms with E-state index in [1.165, 1.54) is 0 Å². The lowest BCUT2D eigenvalue weighted by Gasteiger charge is -2.40. The lowest BCUT2D eigenvalue weighted by atomic mass is 9.81. The molecule has 0 saturated carbocycles. The molecular formula is C26H34N4O4. The van der Waals surface area contributed by atoms with Gasteiger partial charge in [-0.2, -0.15) is 0 Å². The van der Waals surface area contributed by atoms with Crippen molar-refractivity contribution in [1.29, 1.82) is 0 Å². The summed E-state index contributed by atoms with van der Waals surface area (Å²) in [5, 5.41) is 9.40. The minimum Gasteiger partial charge on any atom is -0.484 e. The normalized spacial score (nSPS) is 21.3. The van der Waals surface area contributed by atoms with Crippen molar-refractivity contribution in [2.75, 3.05) is 57.3 Å². The van der Waals surface area contributed by atoms with Crippen molar-refractivity contribution in [2.24, 2.45) is 11.8 Å². The molecule has 2 fully saturated rings. The summed E-state index contributed by atoms with van der Waals surface area (Å²) in [5.74, 6) is 1.18. The molecule has 2 aliphatic rings. The Morgan fingerprint density at radius 3 is 2.44 bits per heavy atom. The van der Waals surface area contributed by atoms with Crippen molar-refractivity contribution < 1.29 is 19.4 Å². The number of carboxylic acid groups (broad SMARTS) is 1.